The number of aromatic nitrogens is 3. The van der Waals surface area contributed by atoms with Crippen molar-refractivity contribution < 1.29 is 14.1 Å². The Morgan fingerprint density at radius 1 is 1.31 bits per heavy atom. The second kappa shape index (κ2) is 8.98. The summed E-state index contributed by atoms with van der Waals surface area (Å²) in [4.78, 5) is 32.8. The van der Waals surface area contributed by atoms with Crippen LogP contribution in [0.3, 0.4) is 0 Å². The Balaban J connectivity index is 1.32. The van der Waals surface area contributed by atoms with Gasteiger partial charge in [0.25, 0.3) is 0 Å². The van der Waals surface area contributed by atoms with Gasteiger partial charge in [0, 0.05) is 43.3 Å². The minimum atomic E-state index is -0.0661. The average molecular weight is 395 g/mol. The van der Waals surface area contributed by atoms with Crippen LogP contribution in [-0.2, 0) is 16.0 Å². The molecule has 1 unspecified atom stereocenters. The Hall–Kier alpha value is -3.03. The molecule has 3 heterocycles. The van der Waals surface area contributed by atoms with Gasteiger partial charge in [-0.15, -0.1) is 0 Å². The van der Waals surface area contributed by atoms with Crippen molar-refractivity contribution >= 4 is 11.8 Å². The molecule has 2 amide bonds. The fourth-order valence-electron chi connectivity index (χ4n) is 4.04. The molecule has 1 aliphatic carbocycles. The number of hydrogen-bond acceptors (Lipinski definition) is 6. The lowest BCUT2D eigenvalue weighted by Crippen LogP contribution is -2.58. The first kappa shape index (κ1) is 19.3. The van der Waals surface area contributed by atoms with Crippen LogP contribution in [0.2, 0.25) is 0 Å². The zero-order chi connectivity index (χ0) is 20.1. The lowest BCUT2D eigenvalue weighted by molar-refractivity contribution is -0.127. The van der Waals surface area contributed by atoms with Gasteiger partial charge in [-0.05, 0) is 43.7 Å². The summed E-state index contributed by atoms with van der Waals surface area (Å²) in [5.41, 5.74) is 0.772. The van der Waals surface area contributed by atoms with E-state index in [-0.39, 0.29) is 30.3 Å². The van der Waals surface area contributed by atoms with Crippen LogP contribution in [0.4, 0.5) is 0 Å². The van der Waals surface area contributed by atoms with Crippen LogP contribution in [0.5, 0.6) is 0 Å². The zero-order valence-electron chi connectivity index (χ0n) is 16.2. The number of carbonyl (C=O) groups is 2. The molecule has 8 heteroatoms. The number of nitrogens with one attached hydrogen (secondary N) is 2. The highest BCUT2D eigenvalue weighted by molar-refractivity contribution is 5.79. The van der Waals surface area contributed by atoms with Crippen molar-refractivity contribution in [2.24, 2.45) is 5.92 Å². The fourth-order valence-corrected chi connectivity index (χ4v) is 4.04. The van der Waals surface area contributed by atoms with Crippen LogP contribution in [0.1, 0.15) is 44.4 Å². The molecule has 8 nitrogen and oxygen atoms in total. The van der Waals surface area contributed by atoms with Gasteiger partial charge in [-0.25, -0.2) is 0 Å². The Morgan fingerprint density at radius 2 is 2.24 bits per heavy atom. The van der Waals surface area contributed by atoms with Crippen molar-refractivity contribution in [3.63, 3.8) is 0 Å². The van der Waals surface area contributed by atoms with Gasteiger partial charge in [-0.1, -0.05) is 17.3 Å². The second-order valence-corrected chi connectivity index (χ2v) is 7.60. The van der Waals surface area contributed by atoms with E-state index in [1.54, 1.807) is 18.5 Å². The molecule has 29 heavy (non-hydrogen) atoms. The first-order valence-electron chi connectivity index (χ1n) is 10.2. The van der Waals surface area contributed by atoms with E-state index in [9.17, 15) is 9.59 Å². The summed E-state index contributed by atoms with van der Waals surface area (Å²) < 4.78 is 5.26. The molecular weight excluding hydrogens is 370 g/mol. The third-order valence-electron chi connectivity index (χ3n) is 5.56. The molecule has 4 rings (SSSR count). The molecule has 2 aromatic rings. The number of piperidine rings is 1. The summed E-state index contributed by atoms with van der Waals surface area (Å²) in [5.74, 6) is 1.26. The lowest BCUT2D eigenvalue weighted by Gasteiger charge is -2.38. The largest absolute Gasteiger partial charge is 0.351 e. The number of aryl methyl sites for hydroxylation is 1. The van der Waals surface area contributed by atoms with Crippen molar-refractivity contribution in [2.45, 2.75) is 57.0 Å². The molecule has 0 spiro atoms. The number of hydrogen-bond donors (Lipinski definition) is 2. The summed E-state index contributed by atoms with van der Waals surface area (Å²) in [6.07, 6.45) is 12.4. The molecule has 2 aromatic heterocycles. The van der Waals surface area contributed by atoms with Gasteiger partial charge in [0.05, 0.1) is 6.04 Å². The van der Waals surface area contributed by atoms with Crippen LogP contribution in [-0.4, -0.2) is 39.0 Å². The van der Waals surface area contributed by atoms with Crippen molar-refractivity contribution in [1.29, 1.82) is 0 Å². The first-order valence-corrected chi connectivity index (χ1v) is 10.2. The lowest BCUT2D eigenvalue weighted by atomic mass is 9.81. The normalized spacial score (nSPS) is 24.1. The molecule has 1 fully saturated rings. The van der Waals surface area contributed by atoms with E-state index in [1.165, 1.54) is 0 Å². The maximum Gasteiger partial charge on any atom is 0.227 e. The maximum atomic E-state index is 12.5. The highest BCUT2D eigenvalue weighted by atomic mass is 16.5. The van der Waals surface area contributed by atoms with E-state index in [1.807, 2.05) is 6.07 Å². The van der Waals surface area contributed by atoms with Crippen molar-refractivity contribution in [2.75, 3.05) is 0 Å². The summed E-state index contributed by atoms with van der Waals surface area (Å²) in [5, 5.41) is 10.2. The Bertz CT molecular complexity index is 879. The summed E-state index contributed by atoms with van der Waals surface area (Å²) in [7, 11) is 0. The quantitative estimate of drug-likeness (QED) is 0.726. The molecule has 0 bridgehead atoms. The average Bonchev–Trinajstić information content (AvgIpc) is 3.24. The van der Waals surface area contributed by atoms with E-state index in [0.717, 1.165) is 24.8 Å². The SMILES string of the molecule is O=C(CCc1nc(-c2cccnc2)no1)N[C@@H]1CCC(=O)N[C@H]1C1CC=CCC1. The van der Waals surface area contributed by atoms with Crippen LogP contribution in [0, 0.1) is 5.92 Å². The van der Waals surface area contributed by atoms with Crippen LogP contribution in [0.25, 0.3) is 11.4 Å². The van der Waals surface area contributed by atoms with E-state index >= 15 is 0 Å². The van der Waals surface area contributed by atoms with Crippen molar-refractivity contribution in [3.05, 3.63) is 42.6 Å². The molecule has 0 radical (unpaired) electrons. The van der Waals surface area contributed by atoms with Gasteiger partial charge in [-0.3, -0.25) is 14.6 Å². The molecule has 1 saturated heterocycles. The Morgan fingerprint density at radius 3 is 3.03 bits per heavy atom. The van der Waals surface area contributed by atoms with Crippen LogP contribution in [0.15, 0.2) is 41.2 Å². The number of pyridine rings is 1. The van der Waals surface area contributed by atoms with Gasteiger partial charge >= 0.3 is 0 Å². The molecule has 152 valence electrons. The Kier molecular flexibility index (Phi) is 5.97. The molecule has 2 N–H and O–H groups in total. The number of nitrogens with zero attached hydrogens (tertiary/aromatic N) is 3. The molecule has 0 aromatic carbocycles. The summed E-state index contributed by atoms with van der Waals surface area (Å²) in [6.45, 7) is 0. The Labute approximate surface area is 169 Å². The molecule has 2 aliphatic rings. The van der Waals surface area contributed by atoms with Crippen LogP contribution < -0.4 is 10.6 Å². The number of carbonyl (C=O) groups excluding carboxylic acids is 2. The number of amides is 2. The van der Waals surface area contributed by atoms with Gasteiger partial charge in [0.2, 0.25) is 23.5 Å². The fraction of sp³-hybridized carbons (Fsp3) is 0.476. The predicted molar refractivity (Wildman–Crippen MR) is 105 cm³/mol. The standard InChI is InChI=1S/C21H25N5O3/c27-17(10-11-19-25-21(26-29-19)15-7-4-12-22-13-15)23-16-8-9-18(28)24-20(16)14-5-2-1-3-6-14/h1-2,4,7,12-14,16,20H,3,5-6,8-11H2,(H,23,27)(H,24,28)/t14?,16-,20+/m1/s1. The maximum absolute atomic E-state index is 12.5. The third-order valence-corrected chi connectivity index (χ3v) is 5.56. The van der Waals surface area contributed by atoms with Crippen molar-refractivity contribution in [1.82, 2.24) is 25.8 Å². The topological polar surface area (TPSA) is 110 Å². The molecule has 3 atom stereocenters. The molecular formula is C21H25N5O3. The van der Waals surface area contributed by atoms with E-state index in [2.05, 4.69) is 37.9 Å². The molecule has 0 saturated carbocycles. The van der Waals surface area contributed by atoms with Gasteiger partial charge in [-0.2, -0.15) is 4.98 Å². The first-order chi connectivity index (χ1) is 14.2. The molecule has 1 aliphatic heterocycles. The minimum Gasteiger partial charge on any atom is -0.351 e. The number of allylic oxidation sites excluding steroid dienone is 2. The smallest absolute Gasteiger partial charge is 0.227 e. The summed E-state index contributed by atoms with van der Waals surface area (Å²) in [6, 6.07) is 3.61. The van der Waals surface area contributed by atoms with E-state index < -0.39 is 0 Å². The van der Waals surface area contributed by atoms with E-state index in [4.69, 9.17) is 4.52 Å². The van der Waals surface area contributed by atoms with Gasteiger partial charge in [0.15, 0.2) is 0 Å². The van der Waals surface area contributed by atoms with Crippen LogP contribution >= 0.6 is 0 Å². The highest BCUT2D eigenvalue weighted by Gasteiger charge is 2.35. The number of rotatable bonds is 6. The summed E-state index contributed by atoms with van der Waals surface area (Å²) >= 11 is 0. The predicted octanol–water partition coefficient (Wildman–Crippen LogP) is 2.18. The third kappa shape index (κ3) is 4.88. The van der Waals surface area contributed by atoms with Gasteiger partial charge < -0.3 is 15.2 Å². The van der Waals surface area contributed by atoms with E-state index in [0.29, 0.717) is 36.9 Å². The second-order valence-electron chi connectivity index (χ2n) is 7.60. The van der Waals surface area contributed by atoms with Crippen molar-refractivity contribution in [3.8, 4) is 11.4 Å². The zero-order valence-corrected chi connectivity index (χ0v) is 16.2. The highest BCUT2D eigenvalue weighted by Crippen LogP contribution is 2.27. The van der Waals surface area contributed by atoms with Gasteiger partial charge in [0.1, 0.15) is 0 Å². The monoisotopic (exact) mass is 395 g/mol. The minimum absolute atomic E-state index is 0.00858.